The molecule has 2 atom stereocenters. The highest BCUT2D eigenvalue weighted by atomic mass is 16.3. The van der Waals surface area contributed by atoms with Crippen LogP contribution in [-0.2, 0) is 0 Å². The van der Waals surface area contributed by atoms with Gasteiger partial charge in [-0.25, -0.2) is 0 Å². The minimum atomic E-state index is 0.159. The minimum absolute atomic E-state index is 0.159. The third-order valence-corrected chi connectivity index (χ3v) is 2.57. The highest BCUT2D eigenvalue weighted by Gasteiger charge is 2.15. The van der Waals surface area contributed by atoms with Crippen LogP contribution in [0.3, 0.4) is 0 Å². The Morgan fingerprint density at radius 2 is 1.92 bits per heavy atom. The number of rotatable bonds is 4. The summed E-state index contributed by atoms with van der Waals surface area (Å²) in [5, 5.41) is 9.08. The molecule has 0 fully saturated rings. The number of aliphatic hydroxyl groups excluding tert-OH is 1. The molecule has 0 spiro atoms. The molecule has 0 aromatic heterocycles. The van der Waals surface area contributed by atoms with E-state index in [1.807, 2.05) is 18.2 Å². The van der Waals surface area contributed by atoms with Crippen molar-refractivity contribution < 1.29 is 5.11 Å². The van der Waals surface area contributed by atoms with E-state index in [0.29, 0.717) is 12.5 Å². The summed E-state index contributed by atoms with van der Waals surface area (Å²) < 4.78 is 0. The van der Waals surface area contributed by atoms with Crippen LogP contribution in [0, 0.1) is 5.92 Å². The lowest BCUT2D eigenvalue weighted by molar-refractivity contribution is 0.212. The Balaban J connectivity index is 2.72. The number of hydrogen-bond acceptors (Lipinski definition) is 2. The van der Waals surface area contributed by atoms with Crippen LogP contribution >= 0.6 is 0 Å². The van der Waals surface area contributed by atoms with Crippen molar-refractivity contribution in [2.45, 2.75) is 12.8 Å². The molecule has 0 amide bonds. The summed E-state index contributed by atoms with van der Waals surface area (Å²) in [5.41, 5.74) is 6.80. The summed E-state index contributed by atoms with van der Waals surface area (Å²) in [6.07, 6.45) is 0. The van der Waals surface area contributed by atoms with Crippen molar-refractivity contribution in [3.63, 3.8) is 0 Å². The molecule has 0 saturated carbocycles. The predicted octanol–water partition coefficient (Wildman–Crippen LogP) is 1.36. The molecule has 72 valence electrons. The summed E-state index contributed by atoms with van der Waals surface area (Å²) in [6.45, 7) is 2.79. The molecule has 0 heterocycles. The van der Waals surface area contributed by atoms with E-state index in [4.69, 9.17) is 10.8 Å². The van der Waals surface area contributed by atoms with Crippen LogP contribution in [0.4, 0.5) is 0 Å². The van der Waals surface area contributed by atoms with Gasteiger partial charge in [0.2, 0.25) is 0 Å². The third-order valence-electron chi connectivity index (χ3n) is 2.57. The van der Waals surface area contributed by atoms with Crippen molar-refractivity contribution in [1.29, 1.82) is 0 Å². The zero-order valence-electron chi connectivity index (χ0n) is 7.98. The SMILES string of the molecule is C[C@@H](c1ccccc1)[C@H](CN)CO. The predicted molar refractivity (Wildman–Crippen MR) is 54.5 cm³/mol. The third kappa shape index (κ3) is 2.54. The Morgan fingerprint density at radius 3 is 2.38 bits per heavy atom. The lowest BCUT2D eigenvalue weighted by Gasteiger charge is -2.20. The van der Waals surface area contributed by atoms with Gasteiger partial charge in [-0.05, 0) is 18.0 Å². The standard InChI is InChI=1S/C11H17NO/c1-9(11(7-12)8-13)10-5-3-2-4-6-10/h2-6,9,11,13H,7-8,12H2,1H3/t9-,11+/m0/s1. The maximum atomic E-state index is 9.08. The molecule has 0 radical (unpaired) electrons. The zero-order valence-corrected chi connectivity index (χ0v) is 7.98. The molecule has 13 heavy (non-hydrogen) atoms. The van der Waals surface area contributed by atoms with E-state index in [1.165, 1.54) is 5.56 Å². The zero-order chi connectivity index (χ0) is 9.68. The van der Waals surface area contributed by atoms with Gasteiger partial charge in [-0.1, -0.05) is 37.3 Å². The second kappa shape index (κ2) is 5.00. The molecule has 0 bridgehead atoms. The lowest BCUT2D eigenvalue weighted by atomic mass is 9.88. The molecule has 0 aliphatic carbocycles. The molecule has 2 heteroatoms. The average molecular weight is 179 g/mol. The summed E-state index contributed by atoms with van der Waals surface area (Å²) in [7, 11) is 0. The van der Waals surface area contributed by atoms with Gasteiger partial charge in [0.25, 0.3) is 0 Å². The van der Waals surface area contributed by atoms with Gasteiger partial charge in [-0.15, -0.1) is 0 Å². The van der Waals surface area contributed by atoms with E-state index in [0.717, 1.165) is 0 Å². The van der Waals surface area contributed by atoms with Gasteiger partial charge in [0.1, 0.15) is 0 Å². The van der Waals surface area contributed by atoms with Crippen LogP contribution in [0.1, 0.15) is 18.4 Å². The topological polar surface area (TPSA) is 46.2 Å². The maximum absolute atomic E-state index is 9.08. The Kier molecular flexibility index (Phi) is 3.93. The number of nitrogens with two attached hydrogens (primary N) is 1. The van der Waals surface area contributed by atoms with Crippen molar-refractivity contribution >= 4 is 0 Å². The Hall–Kier alpha value is -0.860. The molecule has 1 aromatic carbocycles. The summed E-state index contributed by atoms with van der Waals surface area (Å²) in [4.78, 5) is 0. The van der Waals surface area contributed by atoms with Crippen LogP contribution in [0.2, 0.25) is 0 Å². The van der Waals surface area contributed by atoms with E-state index < -0.39 is 0 Å². The first-order valence-electron chi connectivity index (χ1n) is 4.65. The molecular weight excluding hydrogens is 162 g/mol. The first-order valence-corrected chi connectivity index (χ1v) is 4.65. The monoisotopic (exact) mass is 179 g/mol. The van der Waals surface area contributed by atoms with E-state index in [9.17, 15) is 0 Å². The first kappa shape index (κ1) is 10.2. The quantitative estimate of drug-likeness (QED) is 0.733. The van der Waals surface area contributed by atoms with Crippen LogP contribution in [0.25, 0.3) is 0 Å². The molecule has 1 aromatic rings. The van der Waals surface area contributed by atoms with Crippen molar-refractivity contribution in [3.8, 4) is 0 Å². The molecule has 0 saturated heterocycles. The van der Waals surface area contributed by atoms with E-state index in [-0.39, 0.29) is 12.5 Å². The van der Waals surface area contributed by atoms with E-state index in [2.05, 4.69) is 19.1 Å². The molecule has 0 aliphatic heterocycles. The van der Waals surface area contributed by atoms with Crippen molar-refractivity contribution in [3.05, 3.63) is 35.9 Å². The molecular formula is C11H17NO. The van der Waals surface area contributed by atoms with Gasteiger partial charge in [0.05, 0.1) is 0 Å². The number of benzene rings is 1. The van der Waals surface area contributed by atoms with Gasteiger partial charge < -0.3 is 10.8 Å². The number of aliphatic hydroxyl groups is 1. The van der Waals surface area contributed by atoms with Crippen LogP contribution in [0.15, 0.2) is 30.3 Å². The molecule has 3 N–H and O–H groups in total. The fourth-order valence-corrected chi connectivity index (χ4v) is 1.47. The second-order valence-corrected chi connectivity index (χ2v) is 3.38. The smallest absolute Gasteiger partial charge is 0.0477 e. The maximum Gasteiger partial charge on any atom is 0.0477 e. The van der Waals surface area contributed by atoms with Gasteiger partial charge in [-0.3, -0.25) is 0 Å². The van der Waals surface area contributed by atoms with Gasteiger partial charge in [-0.2, -0.15) is 0 Å². The highest BCUT2D eigenvalue weighted by Crippen LogP contribution is 2.22. The van der Waals surface area contributed by atoms with E-state index in [1.54, 1.807) is 0 Å². The van der Waals surface area contributed by atoms with Gasteiger partial charge >= 0.3 is 0 Å². The van der Waals surface area contributed by atoms with Crippen LogP contribution < -0.4 is 5.73 Å². The van der Waals surface area contributed by atoms with Crippen LogP contribution in [-0.4, -0.2) is 18.3 Å². The van der Waals surface area contributed by atoms with Gasteiger partial charge in [0.15, 0.2) is 0 Å². The Morgan fingerprint density at radius 1 is 1.31 bits per heavy atom. The lowest BCUT2D eigenvalue weighted by Crippen LogP contribution is -2.23. The molecule has 0 unspecified atom stereocenters. The first-order chi connectivity index (χ1) is 6.29. The fourth-order valence-electron chi connectivity index (χ4n) is 1.47. The summed E-state index contributed by atoms with van der Waals surface area (Å²) >= 11 is 0. The Labute approximate surface area is 79.4 Å². The number of hydrogen-bond donors (Lipinski definition) is 2. The largest absolute Gasteiger partial charge is 0.396 e. The van der Waals surface area contributed by atoms with Crippen LogP contribution in [0.5, 0.6) is 0 Å². The fraction of sp³-hybridized carbons (Fsp3) is 0.455. The molecule has 2 nitrogen and oxygen atoms in total. The highest BCUT2D eigenvalue weighted by molar-refractivity contribution is 5.19. The summed E-state index contributed by atoms with van der Waals surface area (Å²) in [5.74, 6) is 0.499. The second-order valence-electron chi connectivity index (χ2n) is 3.38. The van der Waals surface area contributed by atoms with Gasteiger partial charge in [0, 0.05) is 12.5 Å². The summed E-state index contributed by atoms with van der Waals surface area (Å²) in [6, 6.07) is 10.2. The molecule has 0 aliphatic rings. The minimum Gasteiger partial charge on any atom is -0.396 e. The van der Waals surface area contributed by atoms with E-state index >= 15 is 0 Å². The average Bonchev–Trinajstić information content (AvgIpc) is 2.21. The van der Waals surface area contributed by atoms with Crippen molar-refractivity contribution in [2.24, 2.45) is 11.7 Å². The Bertz CT molecular complexity index is 231. The normalized spacial score (nSPS) is 15.3. The molecule has 1 rings (SSSR count). The van der Waals surface area contributed by atoms with Crippen molar-refractivity contribution in [2.75, 3.05) is 13.2 Å². The van der Waals surface area contributed by atoms with Crippen molar-refractivity contribution in [1.82, 2.24) is 0 Å².